The predicted octanol–water partition coefficient (Wildman–Crippen LogP) is 3.95. The van der Waals surface area contributed by atoms with E-state index < -0.39 is 0 Å². The highest BCUT2D eigenvalue weighted by molar-refractivity contribution is 4.88. The van der Waals surface area contributed by atoms with E-state index in [1.807, 2.05) is 0 Å². The summed E-state index contributed by atoms with van der Waals surface area (Å²) in [5.41, 5.74) is 0. The van der Waals surface area contributed by atoms with Crippen LogP contribution in [0.2, 0.25) is 0 Å². The van der Waals surface area contributed by atoms with Crippen molar-refractivity contribution in [1.29, 1.82) is 0 Å². The van der Waals surface area contributed by atoms with Gasteiger partial charge in [-0.1, -0.05) is 20.3 Å². The molecule has 0 bridgehead atoms. The van der Waals surface area contributed by atoms with Crippen LogP contribution in [0.3, 0.4) is 0 Å². The summed E-state index contributed by atoms with van der Waals surface area (Å²) in [7, 11) is 2.26. The standard InChI is InChI=1S/C24H47N3O/c1-19(2)24-9-15-28-18-22(24)16-21(4)27-10-7-6-8-23(27)17-20(3)26-13-11-25(5)12-14-26/h19-24H,6-18H2,1-5H3. The van der Waals surface area contributed by atoms with Crippen LogP contribution >= 0.6 is 0 Å². The molecule has 0 aliphatic carbocycles. The molecular weight excluding hydrogens is 346 g/mol. The van der Waals surface area contributed by atoms with Gasteiger partial charge in [0.05, 0.1) is 0 Å². The molecule has 0 aromatic carbocycles. The maximum Gasteiger partial charge on any atom is 0.0497 e. The number of piperidine rings is 1. The van der Waals surface area contributed by atoms with Crippen molar-refractivity contribution < 1.29 is 4.74 Å². The Bertz CT molecular complexity index is 449. The Morgan fingerprint density at radius 3 is 2.32 bits per heavy atom. The molecule has 3 heterocycles. The number of rotatable bonds is 7. The van der Waals surface area contributed by atoms with Gasteiger partial charge in [-0.3, -0.25) is 9.80 Å². The molecule has 0 N–H and O–H groups in total. The van der Waals surface area contributed by atoms with Crippen LogP contribution in [0.15, 0.2) is 0 Å². The Labute approximate surface area is 175 Å². The first kappa shape index (κ1) is 22.5. The van der Waals surface area contributed by atoms with Crippen molar-refractivity contribution in [2.24, 2.45) is 17.8 Å². The fourth-order valence-electron chi connectivity index (χ4n) is 6.17. The summed E-state index contributed by atoms with van der Waals surface area (Å²) < 4.78 is 5.90. The van der Waals surface area contributed by atoms with Gasteiger partial charge in [0.25, 0.3) is 0 Å². The molecule has 5 atom stereocenters. The van der Waals surface area contributed by atoms with Crippen molar-refractivity contribution in [2.45, 2.75) is 84.3 Å². The van der Waals surface area contributed by atoms with Gasteiger partial charge in [-0.15, -0.1) is 0 Å². The van der Waals surface area contributed by atoms with Gasteiger partial charge in [-0.25, -0.2) is 0 Å². The predicted molar refractivity (Wildman–Crippen MR) is 119 cm³/mol. The van der Waals surface area contributed by atoms with Gasteiger partial charge in [-0.2, -0.15) is 0 Å². The Morgan fingerprint density at radius 2 is 1.61 bits per heavy atom. The Morgan fingerprint density at radius 1 is 0.857 bits per heavy atom. The quantitative estimate of drug-likeness (QED) is 0.652. The summed E-state index contributed by atoms with van der Waals surface area (Å²) in [4.78, 5) is 8.10. The van der Waals surface area contributed by atoms with Gasteiger partial charge in [-0.05, 0) is 77.3 Å². The van der Waals surface area contributed by atoms with Crippen LogP contribution in [-0.4, -0.2) is 85.8 Å². The molecule has 164 valence electrons. The van der Waals surface area contributed by atoms with E-state index in [4.69, 9.17) is 4.74 Å². The molecule has 4 heteroatoms. The van der Waals surface area contributed by atoms with Crippen LogP contribution in [0.25, 0.3) is 0 Å². The van der Waals surface area contributed by atoms with Gasteiger partial charge in [0.1, 0.15) is 0 Å². The summed E-state index contributed by atoms with van der Waals surface area (Å²) in [6.45, 7) is 18.0. The molecular formula is C24H47N3O. The Hall–Kier alpha value is -0.160. The van der Waals surface area contributed by atoms with Crippen LogP contribution in [0, 0.1) is 17.8 Å². The lowest BCUT2D eigenvalue weighted by Gasteiger charge is -2.45. The molecule has 3 rings (SSSR count). The van der Waals surface area contributed by atoms with Crippen molar-refractivity contribution in [3.8, 4) is 0 Å². The summed E-state index contributed by atoms with van der Waals surface area (Å²) in [5, 5.41) is 0. The SMILES string of the molecule is CC(C)C1CCOCC1CC(C)N1CCCCC1CC(C)N1CCN(C)CC1. The first-order chi connectivity index (χ1) is 13.5. The topological polar surface area (TPSA) is 19.0 Å². The number of hydrogen-bond donors (Lipinski definition) is 0. The number of piperazine rings is 1. The van der Waals surface area contributed by atoms with Gasteiger partial charge in [0.15, 0.2) is 0 Å². The number of likely N-dealkylation sites (tertiary alicyclic amines) is 1. The molecule has 0 aromatic heterocycles. The van der Waals surface area contributed by atoms with Crippen molar-refractivity contribution in [3.05, 3.63) is 0 Å². The highest BCUT2D eigenvalue weighted by Gasteiger charge is 2.34. The molecule has 3 aliphatic rings. The molecule has 0 saturated carbocycles. The lowest BCUT2D eigenvalue weighted by Crippen LogP contribution is -2.52. The minimum atomic E-state index is 0.693. The largest absolute Gasteiger partial charge is 0.381 e. The van der Waals surface area contributed by atoms with E-state index in [9.17, 15) is 0 Å². The third-order valence-corrected chi connectivity index (χ3v) is 8.05. The molecule has 0 amide bonds. The maximum absolute atomic E-state index is 5.90. The first-order valence-corrected chi connectivity index (χ1v) is 12.2. The smallest absolute Gasteiger partial charge is 0.0497 e. The van der Waals surface area contributed by atoms with Crippen LogP contribution in [0.1, 0.15) is 66.2 Å². The third kappa shape index (κ3) is 5.93. The first-order valence-electron chi connectivity index (χ1n) is 12.2. The second-order valence-electron chi connectivity index (χ2n) is 10.4. The second kappa shape index (κ2) is 10.7. The van der Waals surface area contributed by atoms with E-state index in [0.717, 1.165) is 37.0 Å². The lowest BCUT2D eigenvalue weighted by atomic mass is 9.77. The van der Waals surface area contributed by atoms with E-state index in [2.05, 4.69) is 49.4 Å². The van der Waals surface area contributed by atoms with Gasteiger partial charge in [0, 0.05) is 57.5 Å². The number of ether oxygens (including phenoxy) is 1. The van der Waals surface area contributed by atoms with Crippen molar-refractivity contribution >= 4 is 0 Å². The van der Waals surface area contributed by atoms with Crippen molar-refractivity contribution in [1.82, 2.24) is 14.7 Å². The molecule has 0 aromatic rings. The maximum atomic E-state index is 5.90. The molecule has 5 unspecified atom stereocenters. The van der Waals surface area contributed by atoms with E-state index in [0.29, 0.717) is 12.1 Å². The summed E-state index contributed by atoms with van der Waals surface area (Å²) >= 11 is 0. The third-order valence-electron chi connectivity index (χ3n) is 8.05. The normalized spacial score (nSPS) is 33.9. The average Bonchev–Trinajstić information content (AvgIpc) is 2.69. The highest BCUT2D eigenvalue weighted by atomic mass is 16.5. The zero-order chi connectivity index (χ0) is 20.1. The lowest BCUT2D eigenvalue weighted by molar-refractivity contribution is -0.0211. The molecule has 3 saturated heterocycles. The van der Waals surface area contributed by atoms with E-state index >= 15 is 0 Å². The molecule has 28 heavy (non-hydrogen) atoms. The average molecular weight is 394 g/mol. The van der Waals surface area contributed by atoms with Crippen molar-refractivity contribution in [2.75, 3.05) is 53.0 Å². The highest BCUT2D eigenvalue weighted by Crippen LogP contribution is 2.34. The van der Waals surface area contributed by atoms with Gasteiger partial charge >= 0.3 is 0 Å². The Kier molecular flexibility index (Phi) is 8.64. The van der Waals surface area contributed by atoms with E-state index in [1.54, 1.807) is 0 Å². The number of likely N-dealkylation sites (N-methyl/N-ethyl adjacent to an activating group) is 1. The second-order valence-corrected chi connectivity index (χ2v) is 10.4. The minimum absolute atomic E-state index is 0.693. The fourth-order valence-corrected chi connectivity index (χ4v) is 6.17. The number of hydrogen-bond acceptors (Lipinski definition) is 4. The van der Waals surface area contributed by atoms with E-state index in [1.165, 1.54) is 71.2 Å². The Balaban J connectivity index is 1.55. The van der Waals surface area contributed by atoms with Crippen LogP contribution in [0.4, 0.5) is 0 Å². The summed E-state index contributed by atoms with van der Waals surface area (Å²) in [6, 6.07) is 2.19. The molecule has 4 nitrogen and oxygen atoms in total. The molecule has 3 aliphatic heterocycles. The molecule has 0 spiro atoms. The minimum Gasteiger partial charge on any atom is -0.381 e. The van der Waals surface area contributed by atoms with Crippen LogP contribution in [-0.2, 0) is 4.74 Å². The van der Waals surface area contributed by atoms with E-state index in [-0.39, 0.29) is 0 Å². The van der Waals surface area contributed by atoms with Gasteiger partial charge in [0.2, 0.25) is 0 Å². The zero-order valence-electron chi connectivity index (χ0n) is 19.4. The summed E-state index contributed by atoms with van der Waals surface area (Å²) in [5.74, 6) is 2.39. The monoisotopic (exact) mass is 393 g/mol. The zero-order valence-corrected chi connectivity index (χ0v) is 19.4. The number of nitrogens with zero attached hydrogens (tertiary/aromatic N) is 3. The van der Waals surface area contributed by atoms with Crippen LogP contribution < -0.4 is 0 Å². The molecule has 0 radical (unpaired) electrons. The van der Waals surface area contributed by atoms with Gasteiger partial charge < -0.3 is 9.64 Å². The fraction of sp³-hybridized carbons (Fsp3) is 1.00. The van der Waals surface area contributed by atoms with Crippen LogP contribution in [0.5, 0.6) is 0 Å². The molecule has 3 fully saturated rings. The summed E-state index contributed by atoms with van der Waals surface area (Å²) in [6.07, 6.45) is 8.14. The van der Waals surface area contributed by atoms with Crippen molar-refractivity contribution in [3.63, 3.8) is 0 Å².